The van der Waals surface area contributed by atoms with Gasteiger partial charge in [0.15, 0.2) is 0 Å². The Morgan fingerprint density at radius 3 is 2.48 bits per heavy atom. The molecule has 1 amide bonds. The molecule has 0 radical (unpaired) electrons. The number of aromatic nitrogens is 2. The molecule has 0 aliphatic carbocycles. The summed E-state index contributed by atoms with van der Waals surface area (Å²) in [6.45, 7) is 6.95. The second-order valence-electron chi connectivity index (χ2n) is 6.55. The third-order valence-electron chi connectivity index (χ3n) is 4.36. The van der Waals surface area contributed by atoms with Crippen LogP contribution in [0.1, 0.15) is 28.4 Å². The molecule has 0 saturated heterocycles. The van der Waals surface area contributed by atoms with Crippen LogP contribution < -0.4 is 10.6 Å². The Labute approximate surface area is 160 Å². The molecule has 0 unspecified atom stereocenters. The van der Waals surface area contributed by atoms with Crippen LogP contribution >= 0.6 is 0 Å². The first-order chi connectivity index (χ1) is 13.2. The second-order valence-corrected chi connectivity index (χ2v) is 6.55. The van der Waals surface area contributed by atoms with Crippen molar-refractivity contribution in [2.75, 3.05) is 19.6 Å². The van der Waals surface area contributed by atoms with E-state index in [9.17, 15) is 4.79 Å². The van der Waals surface area contributed by atoms with Crippen LogP contribution in [0, 0.1) is 6.92 Å². The Morgan fingerprint density at radius 1 is 1.04 bits per heavy atom. The van der Waals surface area contributed by atoms with Gasteiger partial charge in [0.2, 0.25) is 0 Å². The number of benzene rings is 2. The fourth-order valence-electron chi connectivity index (χ4n) is 2.90. The molecule has 3 rings (SSSR count). The number of aryl methyl sites for hydroxylation is 1. The topological polar surface area (TPSA) is 58.9 Å². The van der Waals surface area contributed by atoms with Gasteiger partial charge in [-0.15, -0.1) is 0 Å². The molecule has 5 heteroatoms. The van der Waals surface area contributed by atoms with Crippen molar-refractivity contribution in [3.8, 4) is 11.3 Å². The van der Waals surface area contributed by atoms with E-state index < -0.39 is 0 Å². The lowest BCUT2D eigenvalue weighted by molar-refractivity contribution is 0.0954. The van der Waals surface area contributed by atoms with E-state index in [0.717, 1.165) is 24.2 Å². The first-order valence-corrected chi connectivity index (χ1v) is 9.34. The lowest BCUT2D eigenvalue weighted by atomic mass is 10.1. The van der Waals surface area contributed by atoms with Gasteiger partial charge in [-0.05, 0) is 19.0 Å². The molecule has 0 spiro atoms. The SMILES string of the molecule is CCNCCNC(=O)c1cn(Cc2ccccc2)nc1-c1ccc(C)cc1. The Kier molecular flexibility index (Phi) is 6.39. The van der Waals surface area contributed by atoms with Crippen molar-refractivity contribution >= 4 is 5.91 Å². The zero-order valence-electron chi connectivity index (χ0n) is 15.9. The highest BCUT2D eigenvalue weighted by Crippen LogP contribution is 2.23. The van der Waals surface area contributed by atoms with Crippen LogP contribution in [-0.2, 0) is 6.54 Å². The summed E-state index contributed by atoms with van der Waals surface area (Å²) in [5, 5.41) is 10.9. The van der Waals surface area contributed by atoms with Crippen LogP contribution in [0.2, 0.25) is 0 Å². The summed E-state index contributed by atoms with van der Waals surface area (Å²) in [6, 6.07) is 18.2. The summed E-state index contributed by atoms with van der Waals surface area (Å²) in [7, 11) is 0. The predicted molar refractivity (Wildman–Crippen MR) is 109 cm³/mol. The maximum atomic E-state index is 12.7. The maximum absolute atomic E-state index is 12.7. The number of likely N-dealkylation sites (N-methyl/N-ethyl adjacent to an activating group) is 1. The number of amides is 1. The lowest BCUT2D eigenvalue weighted by Crippen LogP contribution is -2.31. The third-order valence-corrected chi connectivity index (χ3v) is 4.36. The molecule has 27 heavy (non-hydrogen) atoms. The van der Waals surface area contributed by atoms with Gasteiger partial charge in [0.1, 0.15) is 5.69 Å². The normalized spacial score (nSPS) is 10.7. The highest BCUT2D eigenvalue weighted by Gasteiger charge is 2.17. The molecule has 140 valence electrons. The van der Waals surface area contributed by atoms with Gasteiger partial charge in [-0.1, -0.05) is 67.1 Å². The van der Waals surface area contributed by atoms with Crippen LogP contribution in [0.25, 0.3) is 11.3 Å². The molecule has 0 bridgehead atoms. The molecule has 1 aromatic heterocycles. The standard InChI is InChI=1S/C22H26N4O/c1-3-23-13-14-24-22(27)20-16-26(15-18-7-5-4-6-8-18)25-21(20)19-11-9-17(2)10-12-19/h4-12,16,23H,3,13-15H2,1-2H3,(H,24,27). The number of nitrogens with one attached hydrogen (secondary N) is 2. The van der Waals surface area contributed by atoms with Gasteiger partial charge in [0.05, 0.1) is 12.1 Å². The number of hydrogen-bond donors (Lipinski definition) is 2. The minimum atomic E-state index is -0.0946. The zero-order chi connectivity index (χ0) is 19.1. The van der Waals surface area contributed by atoms with Crippen molar-refractivity contribution in [2.45, 2.75) is 20.4 Å². The van der Waals surface area contributed by atoms with E-state index in [1.165, 1.54) is 5.56 Å². The minimum absolute atomic E-state index is 0.0946. The van der Waals surface area contributed by atoms with Crippen LogP contribution in [0.4, 0.5) is 0 Å². The predicted octanol–water partition coefficient (Wildman–Crippen LogP) is 3.25. The van der Waals surface area contributed by atoms with E-state index in [-0.39, 0.29) is 5.91 Å². The van der Waals surface area contributed by atoms with Crippen molar-refractivity contribution in [2.24, 2.45) is 0 Å². The van der Waals surface area contributed by atoms with Gasteiger partial charge >= 0.3 is 0 Å². The molecule has 2 aromatic carbocycles. The summed E-state index contributed by atoms with van der Waals surface area (Å²) in [5.41, 5.74) is 4.59. The van der Waals surface area contributed by atoms with Crippen molar-refractivity contribution in [3.63, 3.8) is 0 Å². The first kappa shape index (κ1) is 18.9. The van der Waals surface area contributed by atoms with Crippen molar-refractivity contribution < 1.29 is 4.79 Å². The summed E-state index contributed by atoms with van der Waals surface area (Å²) in [5.74, 6) is -0.0946. The number of carbonyl (C=O) groups excluding carboxylic acids is 1. The number of carbonyl (C=O) groups is 1. The molecule has 0 aliphatic rings. The maximum Gasteiger partial charge on any atom is 0.255 e. The molecule has 1 heterocycles. The van der Waals surface area contributed by atoms with Gasteiger partial charge in [0.25, 0.3) is 5.91 Å². The van der Waals surface area contributed by atoms with E-state index in [1.54, 1.807) is 0 Å². The third kappa shape index (κ3) is 5.05. The summed E-state index contributed by atoms with van der Waals surface area (Å²) in [4.78, 5) is 12.7. The Hall–Kier alpha value is -2.92. The van der Waals surface area contributed by atoms with E-state index >= 15 is 0 Å². The summed E-state index contributed by atoms with van der Waals surface area (Å²) in [6.07, 6.45) is 1.84. The molecular weight excluding hydrogens is 336 g/mol. The zero-order valence-corrected chi connectivity index (χ0v) is 15.9. The van der Waals surface area contributed by atoms with Crippen LogP contribution in [0.15, 0.2) is 60.8 Å². The van der Waals surface area contributed by atoms with E-state index in [2.05, 4.69) is 22.8 Å². The molecular formula is C22H26N4O. The van der Waals surface area contributed by atoms with Crippen LogP contribution in [0.5, 0.6) is 0 Å². The molecule has 5 nitrogen and oxygen atoms in total. The largest absolute Gasteiger partial charge is 0.351 e. The van der Waals surface area contributed by atoms with Crippen molar-refractivity contribution in [1.82, 2.24) is 20.4 Å². The molecule has 2 N–H and O–H groups in total. The molecule has 3 aromatic rings. The summed E-state index contributed by atoms with van der Waals surface area (Å²) < 4.78 is 1.84. The smallest absolute Gasteiger partial charge is 0.255 e. The molecule has 0 aliphatic heterocycles. The van der Waals surface area contributed by atoms with Gasteiger partial charge < -0.3 is 10.6 Å². The number of hydrogen-bond acceptors (Lipinski definition) is 3. The molecule has 0 saturated carbocycles. The minimum Gasteiger partial charge on any atom is -0.351 e. The highest BCUT2D eigenvalue weighted by atomic mass is 16.1. The molecule has 0 fully saturated rings. The van der Waals surface area contributed by atoms with Gasteiger partial charge in [-0.25, -0.2) is 0 Å². The Balaban J connectivity index is 1.86. The van der Waals surface area contributed by atoms with Gasteiger partial charge in [-0.2, -0.15) is 5.10 Å². The second kappa shape index (κ2) is 9.14. The van der Waals surface area contributed by atoms with Crippen LogP contribution in [-0.4, -0.2) is 35.3 Å². The highest BCUT2D eigenvalue weighted by molar-refractivity contribution is 5.99. The van der Waals surface area contributed by atoms with Crippen LogP contribution in [0.3, 0.4) is 0 Å². The van der Waals surface area contributed by atoms with Crippen molar-refractivity contribution in [3.05, 3.63) is 77.5 Å². The average Bonchev–Trinajstić information content (AvgIpc) is 3.10. The van der Waals surface area contributed by atoms with E-state index in [4.69, 9.17) is 5.10 Å². The monoisotopic (exact) mass is 362 g/mol. The fourth-order valence-corrected chi connectivity index (χ4v) is 2.90. The number of rotatable bonds is 8. The summed E-state index contributed by atoms with van der Waals surface area (Å²) >= 11 is 0. The first-order valence-electron chi connectivity index (χ1n) is 9.34. The number of nitrogens with zero attached hydrogens (tertiary/aromatic N) is 2. The van der Waals surface area contributed by atoms with Gasteiger partial charge in [-0.3, -0.25) is 9.48 Å². The van der Waals surface area contributed by atoms with E-state index in [1.807, 2.05) is 67.2 Å². The Morgan fingerprint density at radius 2 is 1.78 bits per heavy atom. The van der Waals surface area contributed by atoms with Crippen molar-refractivity contribution in [1.29, 1.82) is 0 Å². The van der Waals surface area contributed by atoms with E-state index in [0.29, 0.717) is 24.3 Å². The average molecular weight is 362 g/mol. The molecule has 0 atom stereocenters. The van der Waals surface area contributed by atoms with Gasteiger partial charge in [0, 0.05) is 24.8 Å². The fraction of sp³-hybridized carbons (Fsp3) is 0.273. The lowest BCUT2D eigenvalue weighted by Gasteiger charge is -2.06. The Bertz CT molecular complexity index is 869. The quantitative estimate of drug-likeness (QED) is 0.605.